The molecule has 6 nitrogen and oxygen atoms in total. The summed E-state index contributed by atoms with van der Waals surface area (Å²) in [6.07, 6.45) is 0.130. The van der Waals surface area contributed by atoms with Gasteiger partial charge in [0.15, 0.2) is 9.90 Å². The van der Waals surface area contributed by atoms with Crippen LogP contribution in [-0.2, 0) is 11.3 Å². The quantitative estimate of drug-likeness (QED) is 0.511. The molecule has 0 unspecified atom stereocenters. The zero-order chi connectivity index (χ0) is 19.0. The second-order valence-electron chi connectivity index (χ2n) is 6.22. The largest absolute Gasteiger partial charge is 0.332 e. The van der Waals surface area contributed by atoms with E-state index >= 15 is 0 Å². The Labute approximate surface area is 163 Å². The monoisotopic (exact) mass is 396 g/mol. The number of H-pyrrole nitrogens is 1. The van der Waals surface area contributed by atoms with E-state index in [1.807, 2.05) is 31.2 Å². The molecule has 2 heterocycles. The van der Waals surface area contributed by atoms with Gasteiger partial charge in [0.05, 0.1) is 21.1 Å². The molecule has 8 heteroatoms. The zero-order valence-electron chi connectivity index (χ0n) is 14.5. The highest BCUT2D eigenvalue weighted by molar-refractivity contribution is 7.71. The number of hydrogen-bond acceptors (Lipinski definition) is 5. The summed E-state index contributed by atoms with van der Waals surface area (Å²) in [7, 11) is 0. The maximum Gasteiger partial charge on any atom is 0.262 e. The lowest BCUT2D eigenvalue weighted by atomic mass is 10.2. The number of rotatable bonds is 4. The molecule has 0 bridgehead atoms. The molecule has 2 aromatic heterocycles. The molecule has 4 aromatic rings. The van der Waals surface area contributed by atoms with Gasteiger partial charge in [0.2, 0.25) is 5.91 Å². The molecule has 0 radical (unpaired) electrons. The van der Waals surface area contributed by atoms with Gasteiger partial charge in [-0.25, -0.2) is 4.98 Å². The van der Waals surface area contributed by atoms with Crippen molar-refractivity contribution in [2.24, 2.45) is 0 Å². The van der Waals surface area contributed by atoms with E-state index in [9.17, 15) is 9.59 Å². The lowest BCUT2D eigenvalue weighted by Gasteiger charge is -2.07. The molecule has 0 saturated carbocycles. The van der Waals surface area contributed by atoms with Gasteiger partial charge in [-0.05, 0) is 49.0 Å². The van der Waals surface area contributed by atoms with Gasteiger partial charge < -0.3 is 10.3 Å². The maximum atomic E-state index is 12.6. The summed E-state index contributed by atoms with van der Waals surface area (Å²) in [4.78, 5) is 32.4. The number of nitrogens with zero attached hydrogens (tertiary/aromatic N) is 2. The Kier molecular flexibility index (Phi) is 4.59. The molecule has 0 saturated heterocycles. The van der Waals surface area contributed by atoms with E-state index in [1.54, 1.807) is 18.2 Å². The molecule has 0 aliphatic carbocycles. The van der Waals surface area contributed by atoms with Crippen molar-refractivity contribution in [2.75, 3.05) is 5.32 Å². The van der Waals surface area contributed by atoms with Crippen LogP contribution in [0.3, 0.4) is 0 Å². The van der Waals surface area contributed by atoms with Crippen LogP contribution in [0, 0.1) is 11.7 Å². The first-order chi connectivity index (χ1) is 13.0. The number of benzene rings is 2. The Morgan fingerprint density at radius 2 is 2.11 bits per heavy atom. The van der Waals surface area contributed by atoms with Crippen molar-refractivity contribution >= 4 is 55.7 Å². The molecule has 27 heavy (non-hydrogen) atoms. The Balaban J connectivity index is 1.51. The molecule has 0 aliphatic heterocycles. The van der Waals surface area contributed by atoms with Crippen LogP contribution in [0.1, 0.15) is 12.0 Å². The first-order valence-corrected chi connectivity index (χ1v) is 9.62. The number of carbonyl (C=O) groups is 1. The van der Waals surface area contributed by atoms with Crippen molar-refractivity contribution in [3.05, 3.63) is 63.2 Å². The van der Waals surface area contributed by atoms with Gasteiger partial charge in [-0.2, -0.15) is 0 Å². The fourth-order valence-electron chi connectivity index (χ4n) is 2.88. The minimum atomic E-state index is -0.208. The van der Waals surface area contributed by atoms with Crippen LogP contribution in [-0.4, -0.2) is 20.4 Å². The van der Waals surface area contributed by atoms with E-state index in [0.29, 0.717) is 20.8 Å². The van der Waals surface area contributed by atoms with Crippen LogP contribution in [0.15, 0.2) is 47.3 Å². The van der Waals surface area contributed by atoms with Crippen molar-refractivity contribution < 1.29 is 4.79 Å². The lowest BCUT2D eigenvalue weighted by Crippen LogP contribution is -2.25. The van der Waals surface area contributed by atoms with Crippen LogP contribution in [0.25, 0.3) is 21.1 Å². The van der Waals surface area contributed by atoms with Crippen LogP contribution in [0.4, 0.5) is 5.13 Å². The number of carbonyl (C=O) groups excluding carboxylic acids is 1. The molecule has 2 N–H and O–H groups in total. The van der Waals surface area contributed by atoms with Gasteiger partial charge in [-0.1, -0.05) is 29.5 Å². The summed E-state index contributed by atoms with van der Waals surface area (Å²) in [5, 5.41) is 3.91. The van der Waals surface area contributed by atoms with E-state index in [-0.39, 0.29) is 24.4 Å². The van der Waals surface area contributed by atoms with Crippen LogP contribution < -0.4 is 10.9 Å². The summed E-state index contributed by atoms with van der Waals surface area (Å²) in [5.41, 5.74) is 2.50. The fourth-order valence-corrected chi connectivity index (χ4v) is 4.15. The third kappa shape index (κ3) is 3.54. The first-order valence-electron chi connectivity index (χ1n) is 8.40. The van der Waals surface area contributed by atoms with Crippen molar-refractivity contribution in [1.29, 1.82) is 0 Å². The topological polar surface area (TPSA) is 79.8 Å². The second kappa shape index (κ2) is 7.05. The molecule has 4 rings (SSSR count). The number of aromatic amines is 1. The average molecular weight is 396 g/mol. The van der Waals surface area contributed by atoms with Gasteiger partial charge >= 0.3 is 0 Å². The number of thiazole rings is 1. The minimum Gasteiger partial charge on any atom is -0.332 e. The number of hydrogen-bond donors (Lipinski definition) is 2. The summed E-state index contributed by atoms with van der Waals surface area (Å²) in [5.74, 6) is -0.208. The van der Waals surface area contributed by atoms with E-state index in [2.05, 4.69) is 15.3 Å². The molecule has 2 aromatic carbocycles. The van der Waals surface area contributed by atoms with Gasteiger partial charge in [0.1, 0.15) is 0 Å². The maximum absolute atomic E-state index is 12.6. The van der Waals surface area contributed by atoms with Crippen LogP contribution in [0.5, 0.6) is 0 Å². The second-order valence-corrected chi connectivity index (χ2v) is 7.64. The summed E-state index contributed by atoms with van der Waals surface area (Å²) in [6, 6.07) is 13.1. The number of nitrogens with one attached hydrogen (secondary N) is 2. The Hall–Kier alpha value is -2.84. The summed E-state index contributed by atoms with van der Waals surface area (Å²) < 4.78 is 2.75. The Morgan fingerprint density at radius 1 is 1.30 bits per heavy atom. The predicted molar refractivity (Wildman–Crippen MR) is 111 cm³/mol. The normalized spacial score (nSPS) is 11.1. The van der Waals surface area contributed by atoms with Crippen LogP contribution >= 0.6 is 23.6 Å². The highest BCUT2D eigenvalue weighted by Crippen LogP contribution is 2.26. The van der Waals surface area contributed by atoms with Crippen molar-refractivity contribution in [1.82, 2.24) is 14.5 Å². The molecule has 1 amide bonds. The molecule has 0 atom stereocenters. The number of para-hydroxylation sites is 1. The molecule has 0 aliphatic rings. The predicted octanol–water partition coefficient (Wildman–Crippen LogP) is 4.01. The fraction of sp³-hybridized carbons (Fsp3) is 0.158. The highest BCUT2D eigenvalue weighted by atomic mass is 32.1. The van der Waals surface area contributed by atoms with Gasteiger partial charge in [0.25, 0.3) is 5.56 Å². The van der Waals surface area contributed by atoms with Gasteiger partial charge in [-0.15, -0.1) is 0 Å². The van der Waals surface area contributed by atoms with Gasteiger partial charge in [0, 0.05) is 13.0 Å². The summed E-state index contributed by atoms with van der Waals surface area (Å²) >= 11 is 6.70. The van der Waals surface area contributed by atoms with E-state index in [0.717, 1.165) is 15.8 Å². The Bertz CT molecular complexity index is 1290. The lowest BCUT2D eigenvalue weighted by molar-refractivity contribution is -0.116. The number of aryl methyl sites for hydroxylation is 1. The number of anilines is 1. The minimum absolute atomic E-state index is 0.130. The molecular formula is C19H16N4O2S2. The van der Waals surface area contributed by atoms with Crippen LogP contribution in [0.2, 0.25) is 0 Å². The smallest absolute Gasteiger partial charge is 0.262 e. The number of aromatic nitrogens is 3. The van der Waals surface area contributed by atoms with Gasteiger partial charge in [-0.3, -0.25) is 14.2 Å². The molecule has 0 spiro atoms. The molecule has 136 valence electrons. The number of fused-ring (bicyclic) bond motifs is 2. The van der Waals surface area contributed by atoms with Crippen molar-refractivity contribution in [2.45, 2.75) is 19.9 Å². The highest BCUT2D eigenvalue weighted by Gasteiger charge is 2.10. The average Bonchev–Trinajstić information content (AvgIpc) is 3.02. The van der Waals surface area contributed by atoms with Crippen molar-refractivity contribution in [3.63, 3.8) is 0 Å². The third-order valence-corrected chi connectivity index (χ3v) is 5.50. The standard InChI is InChI=1S/C19H16N4O2S2/c1-11-6-7-14-15(10-11)27-18(20-14)22-16(24)8-9-23-17(25)12-4-2-3-5-13(12)21-19(23)26/h2-7,10H,8-9H2,1H3,(H,21,26)(H,20,22,24). The van der Waals surface area contributed by atoms with Crippen molar-refractivity contribution in [3.8, 4) is 0 Å². The van der Waals surface area contributed by atoms with E-state index < -0.39 is 0 Å². The van der Waals surface area contributed by atoms with E-state index in [1.165, 1.54) is 15.9 Å². The third-order valence-electron chi connectivity index (χ3n) is 4.24. The van der Waals surface area contributed by atoms with E-state index in [4.69, 9.17) is 12.2 Å². The Morgan fingerprint density at radius 3 is 2.96 bits per heavy atom. The SMILES string of the molecule is Cc1ccc2nc(NC(=O)CCn3c(=S)[nH]c4ccccc4c3=O)sc2c1. The summed E-state index contributed by atoms with van der Waals surface area (Å²) in [6.45, 7) is 2.22. The zero-order valence-corrected chi connectivity index (χ0v) is 16.1. The molecular weight excluding hydrogens is 380 g/mol. The number of amides is 1. The molecule has 0 fully saturated rings. The first kappa shape index (κ1) is 17.6.